The Labute approximate surface area is 96.0 Å². The molecule has 0 saturated heterocycles. The molecule has 0 aliphatic heterocycles. The Hall–Kier alpha value is -1.62. The molecule has 4 nitrogen and oxygen atoms in total. The third kappa shape index (κ3) is 2.93. The predicted molar refractivity (Wildman–Crippen MR) is 56.0 cm³/mol. The molecule has 6 heteroatoms. The first-order chi connectivity index (χ1) is 7.41. The summed E-state index contributed by atoms with van der Waals surface area (Å²) in [5, 5.41) is 10.7. The summed E-state index contributed by atoms with van der Waals surface area (Å²) >= 11 is 5.44. The molecule has 0 radical (unpaired) electrons. The van der Waals surface area contributed by atoms with Gasteiger partial charge in [0.1, 0.15) is 11.9 Å². The maximum absolute atomic E-state index is 13.0. The van der Waals surface area contributed by atoms with Gasteiger partial charge in [-0.3, -0.25) is 9.59 Å². The number of nitrogens with one attached hydrogen (secondary N) is 1. The van der Waals surface area contributed by atoms with Crippen molar-refractivity contribution >= 4 is 23.5 Å². The van der Waals surface area contributed by atoms with E-state index in [9.17, 15) is 14.0 Å². The number of carbonyl (C=O) groups is 2. The zero-order valence-electron chi connectivity index (χ0n) is 8.33. The number of carboxylic acids is 1. The monoisotopic (exact) mass is 245 g/mol. The number of aliphatic carboxylic acids is 1. The molecule has 1 amide bonds. The van der Waals surface area contributed by atoms with Crippen molar-refractivity contribution in [2.24, 2.45) is 0 Å². The standard InChI is InChI=1S/C10H9ClFNO3/c1-5(10(15)16)13-9(14)6-2-3-7(11)8(12)4-6/h2-5H,1H3,(H,13,14)(H,15,16). The topological polar surface area (TPSA) is 66.4 Å². The summed E-state index contributed by atoms with van der Waals surface area (Å²) in [6.07, 6.45) is 0. The lowest BCUT2D eigenvalue weighted by molar-refractivity contribution is -0.138. The van der Waals surface area contributed by atoms with Gasteiger partial charge in [-0.15, -0.1) is 0 Å². The summed E-state index contributed by atoms with van der Waals surface area (Å²) in [7, 11) is 0. The van der Waals surface area contributed by atoms with Crippen LogP contribution in [-0.2, 0) is 4.79 Å². The number of halogens is 2. The average Bonchev–Trinajstić information content (AvgIpc) is 2.21. The lowest BCUT2D eigenvalue weighted by Gasteiger charge is -2.09. The van der Waals surface area contributed by atoms with Crippen LogP contribution in [0.2, 0.25) is 5.02 Å². The van der Waals surface area contributed by atoms with E-state index in [1.54, 1.807) is 0 Å². The van der Waals surface area contributed by atoms with Crippen LogP contribution in [0.15, 0.2) is 18.2 Å². The quantitative estimate of drug-likeness (QED) is 0.852. The zero-order valence-corrected chi connectivity index (χ0v) is 9.08. The second kappa shape index (κ2) is 4.94. The van der Waals surface area contributed by atoms with Gasteiger partial charge in [0.2, 0.25) is 0 Å². The predicted octanol–water partition coefficient (Wildman–Crippen LogP) is 1.68. The Morgan fingerprint density at radius 2 is 2.12 bits per heavy atom. The maximum Gasteiger partial charge on any atom is 0.325 e. The van der Waals surface area contributed by atoms with Gasteiger partial charge in [-0.2, -0.15) is 0 Å². The second-order valence-electron chi connectivity index (χ2n) is 3.16. The molecule has 0 saturated carbocycles. The zero-order chi connectivity index (χ0) is 12.3. The van der Waals surface area contributed by atoms with Crippen LogP contribution in [0.25, 0.3) is 0 Å². The Balaban J connectivity index is 2.81. The van der Waals surface area contributed by atoms with E-state index in [0.717, 1.165) is 6.07 Å². The molecular weight excluding hydrogens is 237 g/mol. The van der Waals surface area contributed by atoms with Gasteiger partial charge in [-0.1, -0.05) is 11.6 Å². The molecule has 1 unspecified atom stereocenters. The first-order valence-corrected chi connectivity index (χ1v) is 4.78. The van der Waals surface area contributed by atoms with Crippen molar-refractivity contribution in [3.8, 4) is 0 Å². The number of hydrogen-bond acceptors (Lipinski definition) is 2. The van der Waals surface area contributed by atoms with Crippen molar-refractivity contribution in [1.29, 1.82) is 0 Å². The summed E-state index contributed by atoms with van der Waals surface area (Å²) in [5.74, 6) is -2.55. The van der Waals surface area contributed by atoms with Gasteiger partial charge in [-0.25, -0.2) is 4.39 Å². The molecule has 86 valence electrons. The van der Waals surface area contributed by atoms with Crippen LogP contribution < -0.4 is 5.32 Å². The minimum atomic E-state index is -1.16. The highest BCUT2D eigenvalue weighted by atomic mass is 35.5. The van der Waals surface area contributed by atoms with Crippen LogP contribution in [0.3, 0.4) is 0 Å². The molecule has 16 heavy (non-hydrogen) atoms. The Morgan fingerprint density at radius 1 is 1.50 bits per heavy atom. The van der Waals surface area contributed by atoms with Crippen molar-refractivity contribution in [1.82, 2.24) is 5.32 Å². The summed E-state index contributed by atoms with van der Waals surface area (Å²) in [6, 6.07) is 2.46. The Morgan fingerprint density at radius 3 is 2.62 bits per heavy atom. The molecule has 0 spiro atoms. The highest BCUT2D eigenvalue weighted by Gasteiger charge is 2.15. The largest absolute Gasteiger partial charge is 0.480 e. The number of benzene rings is 1. The van der Waals surface area contributed by atoms with Crippen LogP contribution >= 0.6 is 11.6 Å². The lowest BCUT2D eigenvalue weighted by Crippen LogP contribution is -2.38. The normalized spacial score (nSPS) is 11.9. The van der Waals surface area contributed by atoms with Gasteiger partial charge in [-0.05, 0) is 25.1 Å². The first kappa shape index (κ1) is 12.4. The fraction of sp³-hybridized carbons (Fsp3) is 0.200. The minimum absolute atomic E-state index is 0.0231. The van der Waals surface area contributed by atoms with Gasteiger partial charge < -0.3 is 10.4 Å². The number of hydrogen-bond donors (Lipinski definition) is 2. The van der Waals surface area contributed by atoms with E-state index >= 15 is 0 Å². The third-order valence-corrected chi connectivity index (χ3v) is 2.21. The van der Waals surface area contributed by atoms with E-state index in [1.807, 2.05) is 0 Å². The van der Waals surface area contributed by atoms with Gasteiger partial charge in [0.15, 0.2) is 0 Å². The summed E-state index contributed by atoms with van der Waals surface area (Å²) in [5.41, 5.74) is 0.0231. The van der Waals surface area contributed by atoms with Crippen LogP contribution in [-0.4, -0.2) is 23.0 Å². The van der Waals surface area contributed by atoms with Crippen LogP contribution in [0.5, 0.6) is 0 Å². The van der Waals surface area contributed by atoms with E-state index in [1.165, 1.54) is 19.1 Å². The first-order valence-electron chi connectivity index (χ1n) is 4.40. The lowest BCUT2D eigenvalue weighted by atomic mass is 10.2. The highest BCUT2D eigenvalue weighted by molar-refractivity contribution is 6.30. The number of carbonyl (C=O) groups excluding carboxylic acids is 1. The van der Waals surface area contributed by atoms with Crippen LogP contribution in [0.1, 0.15) is 17.3 Å². The molecule has 0 bridgehead atoms. The SMILES string of the molecule is CC(NC(=O)c1ccc(Cl)c(F)c1)C(=O)O. The number of amides is 1. The smallest absolute Gasteiger partial charge is 0.325 e. The van der Waals surface area contributed by atoms with E-state index < -0.39 is 23.7 Å². The average molecular weight is 246 g/mol. The van der Waals surface area contributed by atoms with Gasteiger partial charge in [0.05, 0.1) is 5.02 Å². The fourth-order valence-electron chi connectivity index (χ4n) is 0.979. The number of rotatable bonds is 3. The van der Waals surface area contributed by atoms with Crippen LogP contribution in [0, 0.1) is 5.82 Å². The van der Waals surface area contributed by atoms with E-state index in [-0.39, 0.29) is 10.6 Å². The van der Waals surface area contributed by atoms with E-state index in [4.69, 9.17) is 16.7 Å². The molecule has 0 heterocycles. The molecular formula is C10H9ClFNO3. The highest BCUT2D eigenvalue weighted by Crippen LogP contribution is 2.15. The van der Waals surface area contributed by atoms with Gasteiger partial charge in [0, 0.05) is 5.56 Å². The van der Waals surface area contributed by atoms with Gasteiger partial charge >= 0.3 is 5.97 Å². The molecule has 0 aliphatic carbocycles. The van der Waals surface area contributed by atoms with Crippen molar-refractivity contribution in [2.45, 2.75) is 13.0 Å². The molecule has 2 N–H and O–H groups in total. The summed E-state index contributed by atoms with van der Waals surface area (Å²) < 4.78 is 13.0. The second-order valence-corrected chi connectivity index (χ2v) is 3.57. The Bertz CT molecular complexity index is 436. The number of carboxylic acid groups (broad SMARTS) is 1. The molecule has 0 aliphatic rings. The molecule has 0 fully saturated rings. The molecule has 1 aromatic rings. The molecule has 1 rings (SSSR count). The summed E-state index contributed by atoms with van der Waals surface area (Å²) in [6.45, 7) is 1.31. The third-order valence-electron chi connectivity index (χ3n) is 1.90. The fourth-order valence-corrected chi connectivity index (χ4v) is 1.10. The summed E-state index contributed by atoms with van der Waals surface area (Å²) in [4.78, 5) is 21.9. The van der Waals surface area contributed by atoms with Crippen molar-refractivity contribution in [2.75, 3.05) is 0 Å². The van der Waals surface area contributed by atoms with Crippen molar-refractivity contribution < 1.29 is 19.1 Å². The molecule has 0 aromatic heterocycles. The van der Waals surface area contributed by atoms with Crippen LogP contribution in [0.4, 0.5) is 4.39 Å². The van der Waals surface area contributed by atoms with Gasteiger partial charge in [0.25, 0.3) is 5.91 Å². The van der Waals surface area contributed by atoms with Crippen molar-refractivity contribution in [3.05, 3.63) is 34.6 Å². The van der Waals surface area contributed by atoms with E-state index in [2.05, 4.69) is 5.32 Å². The molecule has 1 atom stereocenters. The Kier molecular flexibility index (Phi) is 3.84. The minimum Gasteiger partial charge on any atom is -0.480 e. The maximum atomic E-state index is 13.0. The van der Waals surface area contributed by atoms with E-state index in [0.29, 0.717) is 0 Å². The molecule has 1 aromatic carbocycles. The van der Waals surface area contributed by atoms with Crippen molar-refractivity contribution in [3.63, 3.8) is 0 Å².